The maximum Gasteiger partial charge on any atom is 0.256 e. The summed E-state index contributed by atoms with van der Waals surface area (Å²) in [4.78, 5) is 55.6. The number of hydrogen-bond donors (Lipinski definition) is 4. The minimum absolute atomic E-state index is 0.00279. The molecule has 0 bridgehead atoms. The van der Waals surface area contributed by atoms with Gasteiger partial charge < -0.3 is 30.0 Å². The Labute approximate surface area is 336 Å². The zero-order chi connectivity index (χ0) is 42.1. The summed E-state index contributed by atoms with van der Waals surface area (Å²) < 4.78 is 7.66. The van der Waals surface area contributed by atoms with Crippen LogP contribution < -0.4 is 25.7 Å². The van der Waals surface area contributed by atoms with E-state index >= 15 is 0 Å². The lowest BCUT2D eigenvalue weighted by atomic mass is 9.85. The summed E-state index contributed by atoms with van der Waals surface area (Å²) in [6.45, 7) is 14.7. The first kappa shape index (κ1) is 49.6. The van der Waals surface area contributed by atoms with Crippen molar-refractivity contribution in [2.24, 2.45) is 5.41 Å². The standard InChI is InChI=1S/C20H30N4O2.C10H8ClNO2.C4H7NOS.C2H4.3C2H2/c1-13-7-8-15(12-21-13)22-17(20(2,3)4)19(26)24-11-5-6-16(24)18(25)23-14-9-10-14;1-14-9-5-12-10(13)8-4-6(11)2-3-7(8)9;6-3-5-7-4-1-2-4;4*1-2/h7-8,12,14,16-17,22H,5-6,9-11H2,1-4H3,(H,23,25);2-5H,1H3,(H,12,13);3-4H,1-2H2,(H,5,6);1-2H2;3*1-2H/t16-,17?;;;;;;/m0....../s1. The number of aromatic amines is 1. The fourth-order valence-corrected chi connectivity index (χ4v) is 5.84. The molecule has 3 heterocycles. The summed E-state index contributed by atoms with van der Waals surface area (Å²) in [5.41, 5.74) is 1.30. The zero-order valence-electron chi connectivity index (χ0n) is 32.5. The van der Waals surface area contributed by atoms with E-state index in [9.17, 15) is 19.2 Å². The Kier molecular flexibility index (Phi) is 23.9. The first-order valence-electron chi connectivity index (χ1n) is 17.4. The van der Waals surface area contributed by atoms with Crippen molar-refractivity contribution in [2.75, 3.05) is 19.0 Å². The van der Waals surface area contributed by atoms with Crippen molar-refractivity contribution in [3.8, 4) is 44.3 Å². The summed E-state index contributed by atoms with van der Waals surface area (Å²) in [7, 11) is 1.56. The van der Waals surface area contributed by atoms with Crippen LogP contribution in [0.15, 0.2) is 60.7 Å². The molecule has 296 valence electrons. The highest BCUT2D eigenvalue weighted by Gasteiger charge is 2.42. The number of halogens is 1. The molecule has 2 saturated carbocycles. The van der Waals surface area contributed by atoms with Crippen molar-refractivity contribution in [1.82, 2.24) is 24.9 Å². The predicted octanol–water partition coefficient (Wildman–Crippen LogP) is 6.77. The predicted molar refractivity (Wildman–Crippen MR) is 229 cm³/mol. The van der Waals surface area contributed by atoms with Crippen LogP contribution in [0.1, 0.15) is 65.0 Å². The number of amides is 3. The van der Waals surface area contributed by atoms with E-state index in [0.29, 0.717) is 28.7 Å². The van der Waals surface area contributed by atoms with E-state index in [1.807, 2.05) is 39.8 Å². The molecule has 0 spiro atoms. The largest absolute Gasteiger partial charge is 0.495 e. The zero-order valence-corrected chi connectivity index (χ0v) is 34.1. The van der Waals surface area contributed by atoms with Gasteiger partial charge in [0, 0.05) is 40.1 Å². The number of likely N-dealkylation sites (tertiary alicyclic amines) is 1. The Balaban J connectivity index is 0.000000838. The third-order valence-electron chi connectivity index (χ3n) is 7.95. The number of H-pyrrole nitrogens is 1. The number of aromatic nitrogens is 2. The maximum absolute atomic E-state index is 13.3. The first-order chi connectivity index (χ1) is 26.4. The molecular weight excluding hydrogens is 736 g/mol. The molecule has 1 unspecified atom stereocenters. The van der Waals surface area contributed by atoms with Gasteiger partial charge in [-0.05, 0) is 93.1 Å². The lowest BCUT2D eigenvalue weighted by molar-refractivity contribution is -0.140. The SMILES string of the molecule is C#C.C#C.C#C.C=C.COc1c[nH]c(=O)c2cc(Cl)ccc12.Cc1ccc(NC(C(=O)N2CCC[C@H]2C(=O)NC2CC2)C(C)(C)C)cn1.O=CNSC1CC1. The van der Waals surface area contributed by atoms with E-state index in [-0.39, 0.29) is 28.8 Å². The van der Waals surface area contributed by atoms with E-state index in [1.165, 1.54) is 24.8 Å². The number of fused-ring (bicyclic) bond motifs is 1. The Morgan fingerprint density at radius 1 is 1.04 bits per heavy atom. The average molecular weight is 791 g/mol. The summed E-state index contributed by atoms with van der Waals surface area (Å²) in [6.07, 6.45) is 34.3. The van der Waals surface area contributed by atoms with Crippen LogP contribution in [0.4, 0.5) is 5.69 Å². The van der Waals surface area contributed by atoms with E-state index in [4.69, 9.17) is 16.3 Å². The minimum Gasteiger partial charge on any atom is -0.495 e. The number of nitrogens with zero attached hydrogens (tertiary/aromatic N) is 2. The van der Waals surface area contributed by atoms with Crippen LogP contribution in [-0.2, 0) is 14.4 Å². The number of benzene rings is 1. The van der Waals surface area contributed by atoms with E-state index < -0.39 is 6.04 Å². The second-order valence-corrected chi connectivity index (χ2v) is 14.6. The average Bonchev–Trinajstić information content (AvgIpc) is 4.15. The van der Waals surface area contributed by atoms with Gasteiger partial charge in [0.2, 0.25) is 18.2 Å². The molecule has 3 amide bonds. The summed E-state index contributed by atoms with van der Waals surface area (Å²) in [5.74, 6) is 0.630. The van der Waals surface area contributed by atoms with Crippen molar-refractivity contribution in [2.45, 2.75) is 89.6 Å². The van der Waals surface area contributed by atoms with Gasteiger partial charge in [-0.15, -0.1) is 51.7 Å². The fourth-order valence-electron chi connectivity index (χ4n) is 5.05. The van der Waals surface area contributed by atoms with Gasteiger partial charge in [-0.1, -0.05) is 32.4 Å². The van der Waals surface area contributed by atoms with Gasteiger partial charge >= 0.3 is 0 Å². The minimum atomic E-state index is -0.415. The Morgan fingerprint density at radius 3 is 2.18 bits per heavy atom. The van der Waals surface area contributed by atoms with Gasteiger partial charge in [0.05, 0.1) is 24.4 Å². The summed E-state index contributed by atoms with van der Waals surface area (Å²) in [5, 5.41) is 8.97. The second-order valence-electron chi connectivity index (χ2n) is 13.0. The van der Waals surface area contributed by atoms with Crippen LogP contribution in [0.5, 0.6) is 5.75 Å². The van der Waals surface area contributed by atoms with Crippen LogP contribution in [0.25, 0.3) is 10.8 Å². The molecule has 1 aromatic carbocycles. The smallest absolute Gasteiger partial charge is 0.256 e. The van der Waals surface area contributed by atoms with Crippen molar-refractivity contribution in [3.05, 3.63) is 77.0 Å². The van der Waals surface area contributed by atoms with E-state index in [0.717, 1.165) is 54.1 Å². The lowest BCUT2D eigenvalue weighted by Gasteiger charge is -2.36. The second kappa shape index (κ2) is 26.4. The number of hydrogen-bond acceptors (Lipinski definition) is 8. The molecule has 3 aliphatic rings. The molecule has 3 fully saturated rings. The fraction of sp³-hybridized carbons (Fsp3) is 0.405. The van der Waals surface area contributed by atoms with Gasteiger partial charge in [-0.2, -0.15) is 0 Å². The van der Waals surface area contributed by atoms with E-state index in [1.54, 1.807) is 42.6 Å². The molecule has 55 heavy (non-hydrogen) atoms. The normalized spacial score (nSPS) is 15.3. The molecule has 11 nitrogen and oxygen atoms in total. The Bertz CT molecular complexity index is 1730. The number of nitrogens with one attached hydrogen (secondary N) is 4. The number of carbonyl (C=O) groups is 3. The number of anilines is 1. The van der Waals surface area contributed by atoms with Crippen molar-refractivity contribution >= 4 is 58.2 Å². The number of rotatable bonds is 9. The highest BCUT2D eigenvalue weighted by molar-refractivity contribution is 7.98. The molecule has 2 aromatic heterocycles. The highest BCUT2D eigenvalue weighted by atomic mass is 35.5. The van der Waals surface area contributed by atoms with Crippen LogP contribution in [0.2, 0.25) is 5.02 Å². The third-order valence-corrected chi connectivity index (χ3v) is 9.22. The van der Waals surface area contributed by atoms with Crippen LogP contribution in [-0.4, -0.2) is 70.1 Å². The van der Waals surface area contributed by atoms with Crippen LogP contribution in [0.3, 0.4) is 0 Å². The summed E-state index contributed by atoms with van der Waals surface area (Å²) in [6, 6.07) is 8.54. The molecule has 13 heteroatoms. The topological polar surface area (TPSA) is 146 Å². The van der Waals surface area contributed by atoms with Gasteiger partial charge in [0.15, 0.2) is 0 Å². The molecule has 1 aliphatic heterocycles. The Hall–Kier alpha value is -5.35. The molecule has 4 N–H and O–H groups in total. The van der Waals surface area contributed by atoms with Crippen molar-refractivity contribution in [3.63, 3.8) is 0 Å². The number of methoxy groups -OCH3 is 1. The monoisotopic (exact) mass is 790 g/mol. The number of carbonyl (C=O) groups excluding carboxylic acids is 3. The molecule has 6 rings (SSSR count). The number of terminal acetylenes is 3. The Morgan fingerprint density at radius 2 is 1.67 bits per heavy atom. The van der Waals surface area contributed by atoms with Gasteiger partial charge in [-0.3, -0.25) is 24.2 Å². The number of aryl methyl sites for hydroxylation is 1. The van der Waals surface area contributed by atoms with Gasteiger partial charge in [-0.25, -0.2) is 0 Å². The molecular formula is C42H55ClN6O5S. The summed E-state index contributed by atoms with van der Waals surface area (Å²) >= 11 is 7.32. The molecule has 2 aliphatic carbocycles. The first-order valence-corrected chi connectivity index (χ1v) is 18.7. The molecule has 2 atom stereocenters. The third kappa shape index (κ3) is 17.1. The molecule has 0 radical (unpaired) electrons. The quantitative estimate of drug-likeness (QED) is 0.0805. The highest BCUT2D eigenvalue weighted by Crippen LogP contribution is 2.31. The van der Waals surface area contributed by atoms with Gasteiger partial charge in [0.25, 0.3) is 5.56 Å². The number of ether oxygens (including phenoxy) is 1. The molecule has 3 aromatic rings. The van der Waals surface area contributed by atoms with Crippen molar-refractivity contribution < 1.29 is 19.1 Å². The maximum atomic E-state index is 13.3. The van der Waals surface area contributed by atoms with Crippen LogP contribution in [0, 0.1) is 50.9 Å². The van der Waals surface area contributed by atoms with Crippen molar-refractivity contribution in [1.29, 1.82) is 0 Å². The van der Waals surface area contributed by atoms with E-state index in [2.05, 4.69) is 77.0 Å². The number of pyridine rings is 2. The van der Waals surface area contributed by atoms with Gasteiger partial charge in [0.1, 0.15) is 17.8 Å². The lowest BCUT2D eigenvalue weighted by Crippen LogP contribution is -2.54. The van der Waals surface area contributed by atoms with Crippen LogP contribution >= 0.6 is 23.5 Å². The molecule has 1 saturated heterocycles.